The molecule has 36 heteroatoms. The average molecular weight is 1970 g/mol. The highest BCUT2D eigenvalue weighted by molar-refractivity contribution is 6.16. The minimum atomic E-state index is -1.03. The number of H-pyrrole nitrogens is 1. The molecule has 0 fully saturated rings. The number of ketones is 1. The van der Waals surface area contributed by atoms with E-state index in [1.165, 1.54) is 148 Å². The Hall–Kier alpha value is -17.5. The summed E-state index contributed by atoms with van der Waals surface area (Å²) in [4.78, 5) is 179. The van der Waals surface area contributed by atoms with Gasteiger partial charge >= 0.3 is 5.97 Å². The smallest absolute Gasteiger partial charge is 0.338 e. The number of hydrogen-bond acceptors (Lipinski definition) is 23. The summed E-state index contributed by atoms with van der Waals surface area (Å²) in [5.41, 5.74) is 7.47. The number of carbonyl (C=O) groups is 12. The summed E-state index contributed by atoms with van der Waals surface area (Å²) in [6.45, 7) is 1.41. The molecule has 0 aliphatic carbocycles. The van der Waals surface area contributed by atoms with Crippen molar-refractivity contribution in [3.05, 3.63) is 333 Å². The number of nitrogens with zero attached hydrogens (tertiary/aromatic N) is 1. The Morgan fingerprint density at radius 3 is 1.28 bits per heavy atom. The first-order chi connectivity index (χ1) is 70.2. The molecule has 0 saturated carbocycles. The van der Waals surface area contributed by atoms with Crippen LogP contribution in [0.2, 0.25) is 0 Å². The molecule has 0 saturated heterocycles. The SMILES string of the molecule is CCC(C)C(=O)Nc1cc(C(=O)OC)cc(OCc2ccc3ccccc3c2)c1NC(=O)c1cc(NC(=O)CCCCN)c(NC(=O)c2ccc(C(=O)CCCNC(=O)c3cc(NC(=O)CCO)c(NC(=O)c4cc(NC(=O)CCO)c(NC(=O)c5ccc(NC(=O)CCc6c[nH]cn6)c(OCc6ccccc6)c5)c(OCc5ccc(F)cc5)c4)c(OCc4ccc(F)cc4)c3)c(OC)c2)c(OCc2ccccc2)c1. The van der Waals surface area contributed by atoms with Gasteiger partial charge in [0.05, 0.1) is 91.9 Å². The lowest BCUT2D eigenvalue weighted by atomic mass is 10.0. The fourth-order valence-electron chi connectivity index (χ4n) is 14.9. The number of rotatable bonds is 49. The minimum absolute atomic E-state index is 0.00375. The second-order valence-electron chi connectivity index (χ2n) is 33.4. The van der Waals surface area contributed by atoms with Gasteiger partial charge < -0.3 is 107 Å². The number of unbranched alkanes of at least 4 members (excludes halogenated alkanes) is 1. The fourth-order valence-corrected chi connectivity index (χ4v) is 14.9. The first-order valence-corrected chi connectivity index (χ1v) is 46.5. The number of esters is 1. The number of nitrogens with two attached hydrogens (primary N) is 1. The van der Waals surface area contributed by atoms with Crippen LogP contribution < -0.4 is 87.3 Å². The van der Waals surface area contributed by atoms with E-state index in [1.54, 1.807) is 43.5 Å². The van der Waals surface area contributed by atoms with Gasteiger partial charge in [0.15, 0.2) is 5.78 Å². The van der Waals surface area contributed by atoms with Crippen molar-refractivity contribution in [3.63, 3.8) is 0 Å². The topological polar surface area (TPSA) is 485 Å². The summed E-state index contributed by atoms with van der Waals surface area (Å²) >= 11 is 0. The number of amides is 10. The molecule has 1 unspecified atom stereocenters. The average Bonchev–Trinajstić information content (AvgIpc) is 0.818. The number of aryl methyl sites for hydroxylation is 1. The Bertz CT molecular complexity index is 6880. The van der Waals surface area contributed by atoms with Crippen molar-refractivity contribution in [2.45, 2.75) is 111 Å². The van der Waals surface area contributed by atoms with E-state index in [0.29, 0.717) is 48.1 Å². The molecule has 0 radical (unpaired) electrons. The van der Waals surface area contributed by atoms with Crippen LogP contribution in [0.3, 0.4) is 0 Å². The predicted molar refractivity (Wildman–Crippen MR) is 541 cm³/mol. The number of benzene rings is 12. The normalized spacial score (nSPS) is 11.1. The monoisotopic (exact) mass is 1970 g/mol. The van der Waals surface area contributed by atoms with Crippen LogP contribution in [-0.2, 0) is 68.2 Å². The standard InChI is InChI=1S/C109H107F2N13O21/c1-5-65(2)103(132)120-87-51-78(109(138)140-4)57-94(145-63-70-25-30-71-21-12-13-22-72(71)47-70)102(87)124-108(137)76-49-85(117-95(128)24-14-15-43-112)99(92(55-76)142-60-67-19-10-7-11-20-67)121-105(134)73-31-38-82(89(52-73)139-3)88(127)23-16-44-114-104(133)75-48-84(118-97(130)41-45-125)101(91(54-75)143-61-68-26-33-79(110)34-27-68)123-107(136)77-50-86(119-98(131)42-46-126)100(93(56-77)144-62-69-28-35-80(111)36-29-69)122-106(135)74-32-39-83(116-96(129)40-37-81-58-113-64-115-81)90(53-74)141-59-66-17-8-6-9-18-66/h6-13,17-22,25-36,38-39,47-58,64-65,125-126H,5,14-16,23-24,37,40-46,59-63,112H2,1-4H3,(H,113,115)(H,114,133)(H,116,129)(H,117,128)(H,118,130)(H,119,131)(H,120,132)(H,121,134)(H,122,135)(H,123,136)(H,124,137). The highest BCUT2D eigenvalue weighted by Gasteiger charge is 2.31. The first-order valence-electron chi connectivity index (χ1n) is 46.5. The van der Waals surface area contributed by atoms with Crippen molar-refractivity contribution < 1.29 is 110 Å². The Kier molecular flexibility index (Phi) is 37.3. The van der Waals surface area contributed by atoms with Gasteiger partial charge in [-0.15, -0.1) is 0 Å². The molecule has 0 bridgehead atoms. The van der Waals surface area contributed by atoms with Crippen molar-refractivity contribution in [3.8, 4) is 34.5 Å². The van der Waals surface area contributed by atoms with E-state index in [0.717, 1.165) is 28.0 Å². The molecule has 1 heterocycles. The lowest BCUT2D eigenvalue weighted by molar-refractivity contribution is -0.119. The molecule has 13 aromatic rings. The predicted octanol–water partition coefficient (Wildman–Crippen LogP) is 17.2. The van der Waals surface area contributed by atoms with Gasteiger partial charge in [0.25, 0.3) is 29.5 Å². The molecule has 748 valence electrons. The van der Waals surface area contributed by atoms with Gasteiger partial charge in [-0.3, -0.25) is 52.7 Å². The lowest BCUT2D eigenvalue weighted by Crippen LogP contribution is -2.26. The number of aromatic amines is 1. The van der Waals surface area contributed by atoms with Gasteiger partial charge in [-0.05, 0) is 192 Å². The molecule has 145 heavy (non-hydrogen) atoms. The third-order valence-electron chi connectivity index (χ3n) is 22.9. The van der Waals surface area contributed by atoms with Crippen molar-refractivity contribution in [2.75, 3.05) is 88.4 Å². The maximum atomic E-state index is 15.4. The number of Topliss-reactive ketones (excluding diaryl/α,β-unsaturated/α-hetero) is 1. The third-order valence-corrected chi connectivity index (χ3v) is 22.9. The second-order valence-corrected chi connectivity index (χ2v) is 33.4. The van der Waals surface area contributed by atoms with Gasteiger partial charge in [0, 0.05) is 65.7 Å². The number of imidazole rings is 1. The number of fused-ring (bicyclic) bond motifs is 1. The largest absolute Gasteiger partial charge is 0.496 e. The van der Waals surface area contributed by atoms with Gasteiger partial charge in [-0.25, -0.2) is 18.6 Å². The molecule has 12 aromatic carbocycles. The fraction of sp³-hybridized carbons (Fsp3) is 0.220. The van der Waals surface area contributed by atoms with Gasteiger partial charge in [-0.1, -0.05) is 135 Å². The van der Waals surface area contributed by atoms with E-state index in [-0.39, 0.29) is 196 Å². The third kappa shape index (κ3) is 29.6. The summed E-state index contributed by atoms with van der Waals surface area (Å²) < 4.78 is 71.7. The highest BCUT2D eigenvalue weighted by Crippen LogP contribution is 2.44. The quantitative estimate of drug-likeness (QED) is 0.00956. The Balaban J connectivity index is 0.766. The molecule has 1 aromatic heterocycles. The Morgan fingerprint density at radius 1 is 0.386 bits per heavy atom. The molecule has 1 atom stereocenters. The number of hydrogen-bond donors (Lipinski definition) is 14. The van der Waals surface area contributed by atoms with Gasteiger partial charge in [-0.2, -0.15) is 0 Å². The second kappa shape index (κ2) is 51.6. The molecule has 34 nitrogen and oxygen atoms in total. The van der Waals surface area contributed by atoms with Crippen LogP contribution >= 0.6 is 0 Å². The molecule has 0 aliphatic rings. The van der Waals surface area contributed by atoms with Crippen LogP contribution in [0.1, 0.15) is 178 Å². The molecule has 10 amide bonds. The van der Waals surface area contributed by atoms with E-state index in [2.05, 4.69) is 63.1 Å². The molecule has 0 spiro atoms. The maximum absolute atomic E-state index is 15.4. The van der Waals surface area contributed by atoms with E-state index in [4.69, 9.17) is 38.9 Å². The molecular formula is C109H107F2N13O21. The maximum Gasteiger partial charge on any atom is 0.338 e. The molecule has 15 N–H and O–H groups in total. The van der Waals surface area contributed by atoms with Gasteiger partial charge in [0.1, 0.15) is 102 Å². The summed E-state index contributed by atoms with van der Waals surface area (Å²) in [5, 5.41) is 49.8. The van der Waals surface area contributed by atoms with Crippen LogP contribution in [-0.4, -0.2) is 132 Å². The van der Waals surface area contributed by atoms with Crippen LogP contribution in [0.5, 0.6) is 34.5 Å². The minimum Gasteiger partial charge on any atom is -0.496 e. The number of halogens is 2. The van der Waals surface area contributed by atoms with Crippen molar-refractivity contribution in [1.29, 1.82) is 0 Å². The number of ether oxygens (including phenoxy) is 7. The summed E-state index contributed by atoms with van der Waals surface area (Å²) in [7, 11) is 2.47. The van der Waals surface area contributed by atoms with Crippen LogP contribution in [0.15, 0.2) is 249 Å². The zero-order valence-electron chi connectivity index (χ0n) is 79.6. The van der Waals surface area contributed by atoms with E-state index >= 15 is 9.59 Å². The molecular weight excluding hydrogens is 1870 g/mol. The zero-order valence-corrected chi connectivity index (χ0v) is 79.6. The zero-order chi connectivity index (χ0) is 103. The summed E-state index contributed by atoms with van der Waals surface area (Å²) in [6.07, 6.45) is 3.48. The van der Waals surface area contributed by atoms with Crippen molar-refractivity contribution in [2.24, 2.45) is 11.7 Å². The summed E-state index contributed by atoms with van der Waals surface area (Å²) in [5.74, 6) is -11.0. The number of anilines is 9. The lowest BCUT2D eigenvalue weighted by Gasteiger charge is -2.21. The Morgan fingerprint density at radius 2 is 0.800 bits per heavy atom. The number of aliphatic hydroxyl groups excluding tert-OH is 2. The van der Waals surface area contributed by atoms with Gasteiger partial charge in [0.2, 0.25) is 29.5 Å². The van der Waals surface area contributed by atoms with E-state index < -0.39 is 114 Å². The van der Waals surface area contributed by atoms with Crippen molar-refractivity contribution in [1.82, 2.24) is 15.3 Å². The van der Waals surface area contributed by atoms with Crippen molar-refractivity contribution >= 4 is 133 Å². The molecule has 0 aliphatic heterocycles. The number of methoxy groups -OCH3 is 2. The number of aromatic nitrogens is 2. The van der Waals surface area contributed by atoms with E-state index in [9.17, 15) is 66.9 Å². The highest BCUT2D eigenvalue weighted by atomic mass is 19.1. The van der Waals surface area contributed by atoms with Crippen LogP contribution in [0, 0.1) is 17.6 Å². The number of carbonyl (C=O) groups excluding carboxylic acids is 12. The summed E-state index contributed by atoms with van der Waals surface area (Å²) in [6, 6.07) is 60.1. The first kappa shape index (κ1) is 105. The van der Waals surface area contributed by atoms with E-state index in [1.807, 2.05) is 79.7 Å². The molecule has 13 rings (SSSR count). The van der Waals surface area contributed by atoms with Crippen LogP contribution in [0.25, 0.3) is 10.8 Å². The Labute approximate surface area is 832 Å². The number of aliphatic hydroxyl groups is 2. The number of nitrogens with one attached hydrogen (secondary N) is 11. The van der Waals surface area contributed by atoms with Crippen LogP contribution in [0.4, 0.5) is 60.0 Å².